The van der Waals surface area contributed by atoms with E-state index in [0.717, 1.165) is 29.8 Å². The van der Waals surface area contributed by atoms with Crippen LogP contribution in [0.15, 0.2) is 18.2 Å². The van der Waals surface area contributed by atoms with E-state index in [-0.39, 0.29) is 24.0 Å². The highest BCUT2D eigenvalue weighted by atomic mass is 16.5. The predicted octanol–water partition coefficient (Wildman–Crippen LogP) is 3.09. The maximum Gasteiger partial charge on any atom is 0.229 e. The highest BCUT2D eigenvalue weighted by Crippen LogP contribution is 2.47. The molecule has 1 amide bonds. The topological polar surface area (TPSA) is 64.4 Å². The fourth-order valence-corrected chi connectivity index (χ4v) is 4.06. The molecule has 3 rings (SSSR count). The Morgan fingerprint density at radius 1 is 1.32 bits per heavy atom. The van der Waals surface area contributed by atoms with Crippen LogP contribution in [0.25, 0.3) is 0 Å². The summed E-state index contributed by atoms with van der Waals surface area (Å²) in [5.41, 5.74) is 8.11. The lowest BCUT2D eigenvalue weighted by Crippen LogP contribution is -2.42. The van der Waals surface area contributed by atoms with E-state index in [4.69, 9.17) is 10.5 Å². The van der Waals surface area contributed by atoms with Gasteiger partial charge in [-0.2, -0.15) is 0 Å². The average molecular weight is 302 g/mol. The molecule has 0 heterocycles. The number of amides is 1. The minimum Gasteiger partial charge on any atom is -0.491 e. The highest BCUT2D eigenvalue weighted by molar-refractivity contribution is 5.93. The lowest BCUT2D eigenvalue weighted by atomic mass is 9.84. The SMILES string of the molecule is Cc1cc(NC(=O)C2C3CCC(C3)C2N)ccc1OC(C)C. The molecule has 4 unspecified atom stereocenters. The molecule has 0 aromatic heterocycles. The summed E-state index contributed by atoms with van der Waals surface area (Å²) >= 11 is 0. The maximum atomic E-state index is 12.6. The van der Waals surface area contributed by atoms with Gasteiger partial charge in [0.05, 0.1) is 12.0 Å². The second kappa shape index (κ2) is 5.92. The third kappa shape index (κ3) is 2.84. The van der Waals surface area contributed by atoms with Gasteiger partial charge in [0.2, 0.25) is 5.91 Å². The summed E-state index contributed by atoms with van der Waals surface area (Å²) in [6.45, 7) is 6.01. The molecule has 4 atom stereocenters. The third-order valence-corrected chi connectivity index (χ3v) is 5.09. The predicted molar refractivity (Wildman–Crippen MR) is 87.9 cm³/mol. The largest absolute Gasteiger partial charge is 0.491 e. The van der Waals surface area contributed by atoms with E-state index in [1.807, 2.05) is 39.0 Å². The van der Waals surface area contributed by atoms with Crippen molar-refractivity contribution < 1.29 is 9.53 Å². The monoisotopic (exact) mass is 302 g/mol. The third-order valence-electron chi connectivity index (χ3n) is 5.09. The molecule has 2 aliphatic carbocycles. The lowest BCUT2D eigenvalue weighted by molar-refractivity contribution is -0.121. The Labute approximate surface area is 132 Å². The summed E-state index contributed by atoms with van der Waals surface area (Å²) in [5, 5.41) is 3.05. The standard InChI is InChI=1S/C18H26N2O2/c1-10(2)22-15-7-6-14(8-11(15)3)20-18(21)16-12-4-5-13(9-12)17(16)19/h6-8,10,12-13,16-17H,4-5,9,19H2,1-3H3,(H,20,21). The Morgan fingerprint density at radius 3 is 2.64 bits per heavy atom. The number of hydrogen-bond donors (Lipinski definition) is 2. The molecule has 120 valence electrons. The Balaban J connectivity index is 1.68. The Kier molecular flexibility index (Phi) is 4.13. The molecular formula is C18H26N2O2. The van der Waals surface area contributed by atoms with E-state index >= 15 is 0 Å². The number of anilines is 1. The zero-order valence-corrected chi connectivity index (χ0v) is 13.6. The normalized spacial score (nSPS) is 29.9. The highest BCUT2D eigenvalue weighted by Gasteiger charge is 2.49. The van der Waals surface area contributed by atoms with Gasteiger partial charge >= 0.3 is 0 Å². The maximum absolute atomic E-state index is 12.6. The van der Waals surface area contributed by atoms with E-state index in [0.29, 0.717) is 11.8 Å². The van der Waals surface area contributed by atoms with Crippen molar-refractivity contribution in [2.75, 3.05) is 5.32 Å². The number of carbonyl (C=O) groups excluding carboxylic acids is 1. The van der Waals surface area contributed by atoms with Gasteiger partial charge in [0.15, 0.2) is 0 Å². The van der Waals surface area contributed by atoms with E-state index < -0.39 is 0 Å². The fraction of sp³-hybridized carbons (Fsp3) is 0.611. The number of aryl methyl sites for hydroxylation is 1. The molecular weight excluding hydrogens is 276 g/mol. The molecule has 2 saturated carbocycles. The number of nitrogens with two attached hydrogens (primary N) is 1. The summed E-state index contributed by atoms with van der Waals surface area (Å²) in [4.78, 5) is 12.6. The van der Waals surface area contributed by atoms with Crippen molar-refractivity contribution in [3.63, 3.8) is 0 Å². The van der Waals surface area contributed by atoms with Crippen LogP contribution in [0.5, 0.6) is 5.75 Å². The first-order valence-electron chi connectivity index (χ1n) is 8.29. The van der Waals surface area contributed by atoms with Crippen molar-refractivity contribution in [2.45, 2.75) is 52.2 Å². The van der Waals surface area contributed by atoms with Crippen molar-refractivity contribution in [3.05, 3.63) is 23.8 Å². The van der Waals surface area contributed by atoms with Gasteiger partial charge in [0.25, 0.3) is 0 Å². The molecule has 4 heteroatoms. The Bertz CT molecular complexity index is 568. The summed E-state index contributed by atoms with van der Waals surface area (Å²) in [5.74, 6) is 1.95. The molecule has 0 saturated heterocycles. The first-order chi connectivity index (χ1) is 10.5. The van der Waals surface area contributed by atoms with E-state index in [1.54, 1.807) is 0 Å². The van der Waals surface area contributed by atoms with Crippen LogP contribution < -0.4 is 15.8 Å². The Hall–Kier alpha value is -1.55. The van der Waals surface area contributed by atoms with Crippen molar-refractivity contribution in [1.82, 2.24) is 0 Å². The molecule has 22 heavy (non-hydrogen) atoms. The van der Waals surface area contributed by atoms with Crippen LogP contribution in [-0.4, -0.2) is 18.1 Å². The number of nitrogens with one attached hydrogen (secondary N) is 1. The smallest absolute Gasteiger partial charge is 0.229 e. The summed E-state index contributed by atoms with van der Waals surface area (Å²) in [7, 11) is 0. The number of fused-ring (bicyclic) bond motifs is 2. The molecule has 0 radical (unpaired) electrons. The molecule has 1 aromatic rings. The molecule has 4 nitrogen and oxygen atoms in total. The van der Waals surface area contributed by atoms with Gasteiger partial charge in [-0.1, -0.05) is 0 Å². The van der Waals surface area contributed by atoms with E-state index in [1.165, 1.54) is 6.42 Å². The number of benzene rings is 1. The zero-order chi connectivity index (χ0) is 15.9. The van der Waals surface area contributed by atoms with Crippen molar-refractivity contribution in [1.29, 1.82) is 0 Å². The first kappa shape index (κ1) is 15.3. The number of hydrogen-bond acceptors (Lipinski definition) is 3. The average Bonchev–Trinajstić information content (AvgIpc) is 3.02. The van der Waals surface area contributed by atoms with Crippen LogP contribution >= 0.6 is 0 Å². The lowest BCUT2D eigenvalue weighted by Gasteiger charge is -2.27. The van der Waals surface area contributed by atoms with Gasteiger partial charge in [0, 0.05) is 11.7 Å². The molecule has 0 spiro atoms. The van der Waals surface area contributed by atoms with Crippen LogP contribution in [0.4, 0.5) is 5.69 Å². The second-order valence-electron chi connectivity index (χ2n) is 7.07. The van der Waals surface area contributed by atoms with Crippen LogP contribution in [0, 0.1) is 24.7 Å². The van der Waals surface area contributed by atoms with Gasteiger partial charge in [-0.3, -0.25) is 4.79 Å². The Morgan fingerprint density at radius 2 is 2.05 bits per heavy atom. The van der Waals surface area contributed by atoms with Gasteiger partial charge in [0.1, 0.15) is 5.75 Å². The zero-order valence-electron chi connectivity index (χ0n) is 13.6. The van der Waals surface area contributed by atoms with Crippen LogP contribution in [-0.2, 0) is 4.79 Å². The van der Waals surface area contributed by atoms with E-state index in [2.05, 4.69) is 5.32 Å². The van der Waals surface area contributed by atoms with Gasteiger partial charge in [-0.05, 0) is 75.6 Å². The minimum atomic E-state index is -0.0225. The molecule has 2 bridgehead atoms. The quantitative estimate of drug-likeness (QED) is 0.898. The van der Waals surface area contributed by atoms with Crippen molar-refractivity contribution in [3.8, 4) is 5.75 Å². The first-order valence-corrected chi connectivity index (χ1v) is 8.29. The number of carbonyl (C=O) groups is 1. The summed E-state index contributed by atoms with van der Waals surface area (Å²) < 4.78 is 5.73. The molecule has 0 aliphatic heterocycles. The molecule has 1 aromatic carbocycles. The number of rotatable bonds is 4. The molecule has 2 fully saturated rings. The number of ether oxygens (including phenoxy) is 1. The second-order valence-corrected chi connectivity index (χ2v) is 7.07. The van der Waals surface area contributed by atoms with Crippen LogP contribution in [0.3, 0.4) is 0 Å². The minimum absolute atomic E-state index is 0.0225. The van der Waals surface area contributed by atoms with Gasteiger partial charge in [-0.25, -0.2) is 0 Å². The summed E-state index contributed by atoms with van der Waals surface area (Å²) in [6.07, 6.45) is 3.61. The van der Waals surface area contributed by atoms with Crippen LogP contribution in [0.2, 0.25) is 0 Å². The molecule has 2 aliphatic rings. The van der Waals surface area contributed by atoms with Gasteiger partial charge < -0.3 is 15.8 Å². The van der Waals surface area contributed by atoms with E-state index in [9.17, 15) is 4.79 Å². The summed E-state index contributed by atoms with van der Waals surface area (Å²) in [6, 6.07) is 5.82. The van der Waals surface area contributed by atoms with Crippen LogP contribution in [0.1, 0.15) is 38.7 Å². The fourth-order valence-electron chi connectivity index (χ4n) is 4.06. The van der Waals surface area contributed by atoms with Crippen molar-refractivity contribution in [2.24, 2.45) is 23.5 Å². The molecule has 3 N–H and O–H groups in total. The van der Waals surface area contributed by atoms with Gasteiger partial charge in [-0.15, -0.1) is 0 Å². The van der Waals surface area contributed by atoms with Crippen molar-refractivity contribution >= 4 is 11.6 Å².